The Morgan fingerprint density at radius 1 is 0.762 bits per heavy atom. The van der Waals surface area contributed by atoms with E-state index in [0.29, 0.717) is 5.41 Å². The van der Waals surface area contributed by atoms with Gasteiger partial charge in [0.2, 0.25) is 0 Å². The van der Waals surface area contributed by atoms with E-state index in [1.807, 2.05) is 0 Å². The molecule has 0 amide bonds. The highest BCUT2D eigenvalue weighted by Crippen LogP contribution is 2.42. The Bertz CT molecular complexity index is 230. The second-order valence-electron chi connectivity index (χ2n) is 8.14. The first-order valence-electron chi connectivity index (χ1n) is 9.91. The lowest BCUT2D eigenvalue weighted by atomic mass is 9.67. The molecule has 0 aromatic rings. The summed E-state index contributed by atoms with van der Waals surface area (Å²) < 4.78 is 0. The number of rotatable bonds is 13. The normalized spacial score (nSPS) is 17.7. The summed E-state index contributed by atoms with van der Waals surface area (Å²) in [6, 6.07) is 0. The predicted octanol–water partition coefficient (Wildman–Crippen LogP) is 7.86. The molecular weight excluding hydrogens is 252 g/mol. The smallest absolute Gasteiger partial charge is 0.0300 e. The van der Waals surface area contributed by atoms with Gasteiger partial charge in [-0.05, 0) is 36.0 Å². The lowest BCUT2D eigenvalue weighted by Crippen LogP contribution is -2.28. The van der Waals surface area contributed by atoms with Crippen molar-refractivity contribution in [2.75, 3.05) is 0 Å². The highest BCUT2D eigenvalue weighted by Gasteiger charge is 2.31. The van der Waals surface area contributed by atoms with Crippen molar-refractivity contribution in [2.45, 2.75) is 113 Å². The summed E-state index contributed by atoms with van der Waals surface area (Å²) in [7, 11) is 0. The Morgan fingerprint density at radius 2 is 1.38 bits per heavy atom. The van der Waals surface area contributed by atoms with E-state index >= 15 is 0 Å². The molecular formula is C21H44. The molecule has 0 heteroatoms. The summed E-state index contributed by atoms with van der Waals surface area (Å²) in [4.78, 5) is 0. The van der Waals surface area contributed by atoms with Crippen molar-refractivity contribution in [2.24, 2.45) is 23.2 Å². The fourth-order valence-corrected chi connectivity index (χ4v) is 3.85. The highest BCUT2D eigenvalue weighted by atomic mass is 14.4. The fourth-order valence-electron chi connectivity index (χ4n) is 3.85. The van der Waals surface area contributed by atoms with Crippen LogP contribution in [0.1, 0.15) is 113 Å². The highest BCUT2D eigenvalue weighted by molar-refractivity contribution is 4.82. The standard InChI is InChI=1S/C21H44/c1-8-11-13-15-20(14-10-3)19(6)17-21(7,18(4)5)16-12-9-2/h18-20H,8-17H2,1-7H3. The molecule has 0 bridgehead atoms. The van der Waals surface area contributed by atoms with Crippen LogP contribution in [0.5, 0.6) is 0 Å². The van der Waals surface area contributed by atoms with Gasteiger partial charge in [-0.25, -0.2) is 0 Å². The van der Waals surface area contributed by atoms with E-state index in [4.69, 9.17) is 0 Å². The SMILES string of the molecule is CCCCCC(CCC)C(C)CC(C)(CCCC)C(C)C. The monoisotopic (exact) mass is 296 g/mol. The van der Waals surface area contributed by atoms with Crippen molar-refractivity contribution in [3.05, 3.63) is 0 Å². The summed E-state index contributed by atoms with van der Waals surface area (Å²) in [5.74, 6) is 2.66. The van der Waals surface area contributed by atoms with E-state index in [0.717, 1.165) is 17.8 Å². The van der Waals surface area contributed by atoms with Gasteiger partial charge in [-0.15, -0.1) is 0 Å². The van der Waals surface area contributed by atoms with E-state index in [2.05, 4.69) is 48.5 Å². The molecule has 3 atom stereocenters. The molecule has 0 fully saturated rings. The minimum absolute atomic E-state index is 0.548. The Kier molecular flexibility index (Phi) is 11.6. The third-order valence-electron chi connectivity index (χ3n) is 5.93. The molecule has 0 N–H and O–H groups in total. The van der Waals surface area contributed by atoms with Gasteiger partial charge in [0.15, 0.2) is 0 Å². The van der Waals surface area contributed by atoms with Crippen molar-refractivity contribution >= 4 is 0 Å². The zero-order valence-corrected chi connectivity index (χ0v) is 16.3. The van der Waals surface area contributed by atoms with Crippen LogP contribution < -0.4 is 0 Å². The molecule has 0 saturated carbocycles. The van der Waals surface area contributed by atoms with Crippen LogP contribution >= 0.6 is 0 Å². The zero-order valence-electron chi connectivity index (χ0n) is 16.3. The minimum Gasteiger partial charge on any atom is -0.0654 e. The summed E-state index contributed by atoms with van der Waals surface area (Å²) in [5, 5.41) is 0. The van der Waals surface area contributed by atoms with E-state index in [-0.39, 0.29) is 0 Å². The van der Waals surface area contributed by atoms with Crippen molar-refractivity contribution < 1.29 is 0 Å². The molecule has 0 saturated heterocycles. The molecule has 0 radical (unpaired) electrons. The quantitative estimate of drug-likeness (QED) is 0.303. The lowest BCUT2D eigenvalue weighted by molar-refractivity contribution is 0.118. The Hall–Kier alpha value is 0. The van der Waals surface area contributed by atoms with Crippen LogP contribution in [0.3, 0.4) is 0 Å². The van der Waals surface area contributed by atoms with E-state index in [1.165, 1.54) is 64.2 Å². The maximum Gasteiger partial charge on any atom is -0.0300 e. The van der Waals surface area contributed by atoms with E-state index in [9.17, 15) is 0 Å². The zero-order chi connectivity index (χ0) is 16.3. The second-order valence-corrected chi connectivity index (χ2v) is 8.14. The predicted molar refractivity (Wildman–Crippen MR) is 98.8 cm³/mol. The topological polar surface area (TPSA) is 0 Å². The van der Waals surface area contributed by atoms with E-state index < -0.39 is 0 Å². The van der Waals surface area contributed by atoms with Gasteiger partial charge in [0.05, 0.1) is 0 Å². The Morgan fingerprint density at radius 3 is 1.86 bits per heavy atom. The van der Waals surface area contributed by atoms with Crippen LogP contribution in [0, 0.1) is 23.2 Å². The molecule has 0 aliphatic heterocycles. The van der Waals surface area contributed by atoms with Crippen LogP contribution in [0.4, 0.5) is 0 Å². The van der Waals surface area contributed by atoms with Crippen molar-refractivity contribution in [1.29, 1.82) is 0 Å². The second kappa shape index (κ2) is 11.6. The van der Waals surface area contributed by atoms with Gasteiger partial charge < -0.3 is 0 Å². The lowest BCUT2D eigenvalue weighted by Gasteiger charge is -2.39. The Labute approximate surface area is 136 Å². The Balaban J connectivity index is 4.61. The molecule has 0 aromatic carbocycles. The number of hydrogen-bond acceptors (Lipinski definition) is 0. The molecule has 0 nitrogen and oxygen atoms in total. The van der Waals surface area contributed by atoms with Crippen LogP contribution in [0.15, 0.2) is 0 Å². The average molecular weight is 297 g/mol. The molecule has 3 unspecified atom stereocenters. The molecule has 0 aromatic heterocycles. The first-order chi connectivity index (χ1) is 9.91. The van der Waals surface area contributed by atoms with E-state index in [1.54, 1.807) is 0 Å². The average Bonchev–Trinajstić information content (AvgIpc) is 2.44. The maximum absolute atomic E-state index is 2.55. The van der Waals surface area contributed by atoms with Crippen molar-refractivity contribution in [3.63, 3.8) is 0 Å². The van der Waals surface area contributed by atoms with Crippen molar-refractivity contribution in [3.8, 4) is 0 Å². The third kappa shape index (κ3) is 8.27. The maximum atomic E-state index is 2.55. The molecule has 21 heavy (non-hydrogen) atoms. The summed E-state index contributed by atoms with van der Waals surface area (Å²) in [6.07, 6.45) is 14.1. The minimum atomic E-state index is 0.548. The molecule has 0 heterocycles. The first kappa shape index (κ1) is 21.0. The van der Waals surface area contributed by atoms with Gasteiger partial charge in [0, 0.05) is 0 Å². The first-order valence-corrected chi connectivity index (χ1v) is 9.91. The van der Waals surface area contributed by atoms with Crippen LogP contribution in [0.25, 0.3) is 0 Å². The summed E-state index contributed by atoms with van der Waals surface area (Å²) in [5.41, 5.74) is 0.548. The summed E-state index contributed by atoms with van der Waals surface area (Å²) >= 11 is 0. The molecule has 0 aliphatic carbocycles. The molecule has 0 aliphatic rings. The van der Waals surface area contributed by atoms with Crippen molar-refractivity contribution in [1.82, 2.24) is 0 Å². The van der Waals surface area contributed by atoms with Gasteiger partial charge in [-0.2, -0.15) is 0 Å². The third-order valence-corrected chi connectivity index (χ3v) is 5.93. The molecule has 0 rings (SSSR count). The van der Waals surface area contributed by atoms with Gasteiger partial charge in [-0.1, -0.05) is 99.8 Å². The largest absolute Gasteiger partial charge is 0.0654 e. The molecule has 0 spiro atoms. The van der Waals surface area contributed by atoms with Crippen LogP contribution in [-0.2, 0) is 0 Å². The van der Waals surface area contributed by atoms with Gasteiger partial charge in [0.25, 0.3) is 0 Å². The molecule has 128 valence electrons. The fraction of sp³-hybridized carbons (Fsp3) is 1.00. The van der Waals surface area contributed by atoms with Gasteiger partial charge in [0.1, 0.15) is 0 Å². The van der Waals surface area contributed by atoms with Crippen LogP contribution in [0.2, 0.25) is 0 Å². The van der Waals surface area contributed by atoms with Gasteiger partial charge >= 0.3 is 0 Å². The summed E-state index contributed by atoms with van der Waals surface area (Å²) in [6.45, 7) is 17.0. The number of unbranched alkanes of at least 4 members (excludes halogenated alkanes) is 3. The van der Waals surface area contributed by atoms with Crippen LogP contribution in [-0.4, -0.2) is 0 Å². The number of hydrogen-bond donors (Lipinski definition) is 0. The van der Waals surface area contributed by atoms with Gasteiger partial charge in [-0.3, -0.25) is 0 Å².